The largest absolute Gasteiger partial charge is 0.445 e. The maximum absolute atomic E-state index is 12.0. The van der Waals surface area contributed by atoms with Crippen molar-refractivity contribution < 1.29 is 14.6 Å². The van der Waals surface area contributed by atoms with E-state index in [9.17, 15) is 9.90 Å². The van der Waals surface area contributed by atoms with E-state index in [1.165, 1.54) is 0 Å². The number of alkyl carbamates (subject to hydrolysis) is 1. The lowest BCUT2D eigenvalue weighted by atomic mass is 10.0. The van der Waals surface area contributed by atoms with Crippen LogP contribution in [0.25, 0.3) is 0 Å². The smallest absolute Gasteiger partial charge is 0.407 e. The number of amides is 1. The van der Waals surface area contributed by atoms with E-state index >= 15 is 0 Å². The number of nitrogens with one attached hydrogen (secondary N) is 1. The molecule has 0 bridgehead atoms. The molecule has 129 valence electrons. The highest BCUT2D eigenvalue weighted by atomic mass is 32.2. The molecule has 0 aliphatic rings. The highest BCUT2D eigenvalue weighted by Crippen LogP contribution is 2.17. The number of hydrogen-bond donors (Lipinski definition) is 2. The SMILES string of the molecule is CSc1ccc([CH]C(NC(=O)OCc2ccccc2)C(O)C#N)cc1. The summed E-state index contributed by atoms with van der Waals surface area (Å²) < 4.78 is 5.13. The summed E-state index contributed by atoms with van der Waals surface area (Å²) in [4.78, 5) is 13.1. The van der Waals surface area contributed by atoms with Gasteiger partial charge in [-0.2, -0.15) is 5.26 Å². The average molecular weight is 355 g/mol. The van der Waals surface area contributed by atoms with Crippen molar-refractivity contribution in [3.8, 4) is 6.07 Å². The molecule has 0 aliphatic carbocycles. The molecular weight excluding hydrogens is 336 g/mol. The number of nitriles is 1. The van der Waals surface area contributed by atoms with E-state index < -0.39 is 18.2 Å². The third kappa shape index (κ3) is 6.14. The molecule has 1 amide bonds. The van der Waals surface area contributed by atoms with Crippen LogP contribution in [0.3, 0.4) is 0 Å². The first kappa shape index (κ1) is 18.8. The quantitative estimate of drug-likeness (QED) is 0.589. The second-order valence-electron chi connectivity index (χ2n) is 5.25. The van der Waals surface area contributed by atoms with E-state index in [1.54, 1.807) is 24.3 Å². The molecule has 2 rings (SSSR count). The summed E-state index contributed by atoms with van der Waals surface area (Å²) in [6.07, 6.45) is 1.54. The van der Waals surface area contributed by atoms with Crippen LogP contribution in [0.5, 0.6) is 0 Å². The highest BCUT2D eigenvalue weighted by molar-refractivity contribution is 7.98. The summed E-state index contributed by atoms with van der Waals surface area (Å²) in [5.74, 6) is 0. The van der Waals surface area contributed by atoms with Gasteiger partial charge in [0.05, 0.1) is 12.1 Å². The van der Waals surface area contributed by atoms with Crippen molar-refractivity contribution in [2.45, 2.75) is 23.6 Å². The average Bonchev–Trinajstić information content (AvgIpc) is 2.66. The summed E-state index contributed by atoms with van der Waals surface area (Å²) in [5.41, 5.74) is 1.65. The Morgan fingerprint density at radius 1 is 1.28 bits per heavy atom. The Kier molecular flexibility index (Phi) is 7.33. The Morgan fingerprint density at radius 3 is 2.56 bits per heavy atom. The zero-order chi connectivity index (χ0) is 18.1. The minimum Gasteiger partial charge on any atom is -0.445 e. The van der Waals surface area contributed by atoms with Gasteiger partial charge in [-0.25, -0.2) is 4.79 Å². The molecule has 0 saturated carbocycles. The van der Waals surface area contributed by atoms with Gasteiger partial charge in [0, 0.05) is 11.3 Å². The summed E-state index contributed by atoms with van der Waals surface area (Å²) in [6, 6.07) is 17.7. The van der Waals surface area contributed by atoms with Gasteiger partial charge in [-0.3, -0.25) is 0 Å². The summed E-state index contributed by atoms with van der Waals surface area (Å²) >= 11 is 1.62. The molecule has 0 aromatic heterocycles. The number of ether oxygens (including phenoxy) is 1. The van der Waals surface area contributed by atoms with Crippen LogP contribution in [-0.4, -0.2) is 29.6 Å². The number of hydrogen-bond acceptors (Lipinski definition) is 5. The predicted octanol–water partition coefficient (Wildman–Crippen LogP) is 3.14. The van der Waals surface area contributed by atoms with Crippen LogP contribution >= 0.6 is 11.8 Å². The second-order valence-corrected chi connectivity index (χ2v) is 6.13. The number of rotatable bonds is 7. The number of benzene rings is 2. The molecule has 2 aromatic rings. The van der Waals surface area contributed by atoms with E-state index in [0.717, 1.165) is 16.0 Å². The zero-order valence-electron chi connectivity index (χ0n) is 13.8. The lowest BCUT2D eigenvalue weighted by Crippen LogP contribution is -2.43. The van der Waals surface area contributed by atoms with E-state index in [2.05, 4.69) is 5.32 Å². The molecule has 6 heteroatoms. The Morgan fingerprint density at radius 2 is 1.96 bits per heavy atom. The first-order valence-corrected chi connectivity index (χ1v) is 8.88. The molecule has 2 aromatic carbocycles. The Balaban J connectivity index is 1.94. The van der Waals surface area contributed by atoms with Crippen molar-refractivity contribution in [1.29, 1.82) is 5.26 Å². The van der Waals surface area contributed by atoms with Gasteiger partial charge in [0.2, 0.25) is 0 Å². The fourth-order valence-electron chi connectivity index (χ4n) is 2.12. The molecule has 0 saturated heterocycles. The standard InChI is InChI=1S/C19H19N2O3S/c1-25-16-9-7-14(8-10-16)11-17(18(22)12-20)21-19(23)24-13-15-5-3-2-4-6-15/h2-11,17-18,22H,13H2,1H3,(H,21,23). The molecule has 2 atom stereocenters. The van der Waals surface area contributed by atoms with Gasteiger partial charge in [0.25, 0.3) is 0 Å². The van der Waals surface area contributed by atoms with Gasteiger partial charge in [0.1, 0.15) is 6.61 Å². The summed E-state index contributed by atoms with van der Waals surface area (Å²) in [6.45, 7) is 0.116. The molecule has 2 N–H and O–H groups in total. The van der Waals surface area contributed by atoms with Crippen molar-refractivity contribution in [3.05, 3.63) is 72.1 Å². The molecular formula is C19H19N2O3S. The van der Waals surface area contributed by atoms with E-state index in [4.69, 9.17) is 10.00 Å². The first-order chi connectivity index (χ1) is 12.1. The van der Waals surface area contributed by atoms with Crippen molar-refractivity contribution in [2.24, 2.45) is 0 Å². The predicted molar refractivity (Wildman–Crippen MR) is 96.8 cm³/mol. The Labute approximate surface area is 151 Å². The molecule has 5 nitrogen and oxygen atoms in total. The minimum atomic E-state index is -1.37. The monoisotopic (exact) mass is 355 g/mol. The lowest BCUT2D eigenvalue weighted by Gasteiger charge is -2.19. The van der Waals surface area contributed by atoms with Crippen LogP contribution in [-0.2, 0) is 11.3 Å². The fraction of sp³-hybridized carbons (Fsp3) is 0.211. The van der Waals surface area contributed by atoms with Gasteiger partial charge in [-0.15, -0.1) is 11.8 Å². The van der Waals surface area contributed by atoms with Crippen LogP contribution < -0.4 is 5.32 Å². The normalized spacial score (nSPS) is 12.7. The van der Waals surface area contributed by atoms with Crippen molar-refractivity contribution >= 4 is 17.9 Å². The molecule has 25 heavy (non-hydrogen) atoms. The second kappa shape index (κ2) is 9.72. The molecule has 0 spiro atoms. The number of carbonyl (C=O) groups excluding carboxylic acids is 1. The third-order valence-corrected chi connectivity index (χ3v) is 4.20. The number of thioether (sulfide) groups is 1. The van der Waals surface area contributed by atoms with Gasteiger partial charge in [-0.05, 0) is 29.5 Å². The fourth-order valence-corrected chi connectivity index (χ4v) is 2.52. The van der Waals surface area contributed by atoms with Crippen LogP contribution in [0.2, 0.25) is 0 Å². The van der Waals surface area contributed by atoms with Crippen LogP contribution in [0.4, 0.5) is 4.79 Å². The minimum absolute atomic E-state index is 0.116. The lowest BCUT2D eigenvalue weighted by molar-refractivity contribution is 0.124. The van der Waals surface area contributed by atoms with Gasteiger partial charge in [-0.1, -0.05) is 42.5 Å². The summed E-state index contributed by atoms with van der Waals surface area (Å²) in [7, 11) is 0. The highest BCUT2D eigenvalue weighted by Gasteiger charge is 2.22. The van der Waals surface area contributed by atoms with Gasteiger partial charge >= 0.3 is 6.09 Å². The molecule has 0 aliphatic heterocycles. The number of nitrogens with zero attached hydrogens (tertiary/aromatic N) is 1. The Bertz CT molecular complexity index is 714. The summed E-state index contributed by atoms with van der Waals surface area (Å²) in [5, 5.41) is 21.3. The van der Waals surface area contributed by atoms with Gasteiger partial charge < -0.3 is 15.2 Å². The van der Waals surface area contributed by atoms with Crippen molar-refractivity contribution in [1.82, 2.24) is 5.32 Å². The Hall–Kier alpha value is -2.49. The van der Waals surface area contributed by atoms with E-state index in [-0.39, 0.29) is 6.61 Å². The zero-order valence-corrected chi connectivity index (χ0v) is 14.6. The maximum Gasteiger partial charge on any atom is 0.407 e. The number of aliphatic hydroxyl groups excluding tert-OH is 1. The topological polar surface area (TPSA) is 82.3 Å². The van der Waals surface area contributed by atoms with Crippen molar-refractivity contribution in [3.63, 3.8) is 0 Å². The maximum atomic E-state index is 12.0. The van der Waals surface area contributed by atoms with E-state index in [1.807, 2.05) is 60.9 Å². The first-order valence-electron chi connectivity index (χ1n) is 7.66. The molecule has 0 fully saturated rings. The van der Waals surface area contributed by atoms with Crippen LogP contribution in [0.1, 0.15) is 11.1 Å². The van der Waals surface area contributed by atoms with Crippen molar-refractivity contribution in [2.75, 3.05) is 6.26 Å². The van der Waals surface area contributed by atoms with E-state index in [0.29, 0.717) is 0 Å². The molecule has 2 unspecified atom stereocenters. The molecule has 1 radical (unpaired) electrons. The number of aliphatic hydroxyl groups is 1. The van der Waals surface area contributed by atoms with Crippen LogP contribution in [0, 0.1) is 17.8 Å². The van der Waals surface area contributed by atoms with Gasteiger partial charge in [0.15, 0.2) is 6.10 Å². The molecule has 0 heterocycles. The number of carbonyl (C=O) groups is 1. The third-order valence-electron chi connectivity index (χ3n) is 3.46. The van der Waals surface area contributed by atoms with Crippen LogP contribution in [0.15, 0.2) is 59.5 Å².